The second-order valence-electron chi connectivity index (χ2n) is 22.7. The number of likely N-dealkylation sites (tertiary alicyclic amines) is 2. The minimum absolute atomic E-state index is 0.0480. The van der Waals surface area contributed by atoms with Crippen LogP contribution in [0.1, 0.15) is 89.2 Å². The van der Waals surface area contributed by atoms with Crippen LogP contribution in [0.15, 0.2) is 75.6 Å². The number of amides is 9. The number of carbonyl (C=O) groups is 10. The first kappa shape index (κ1) is 74.6. The third-order valence-corrected chi connectivity index (χ3v) is 15.3. The Morgan fingerprint density at radius 2 is 1.01 bits per heavy atom. The van der Waals surface area contributed by atoms with E-state index in [2.05, 4.69) is 64.8 Å². The number of aliphatic imine (C=N–C) groups is 3. The van der Waals surface area contributed by atoms with Crippen molar-refractivity contribution in [2.24, 2.45) is 61.0 Å². The number of nitrogens with one attached hydrogen (secondary N) is 7. The molecule has 2 saturated heterocycles. The summed E-state index contributed by atoms with van der Waals surface area (Å²) in [5.74, 6) is -9.83. The minimum Gasteiger partial charge on any atom is -0.480 e. The highest BCUT2D eigenvalue weighted by atomic mass is 32.1. The maximum absolute atomic E-state index is 14.5. The van der Waals surface area contributed by atoms with Crippen molar-refractivity contribution < 1.29 is 63.3 Å². The van der Waals surface area contributed by atoms with E-state index in [1.807, 2.05) is 0 Å². The van der Waals surface area contributed by atoms with Gasteiger partial charge in [0.25, 0.3) is 0 Å². The van der Waals surface area contributed by atoms with Crippen molar-refractivity contribution in [3.05, 3.63) is 71.8 Å². The van der Waals surface area contributed by atoms with Gasteiger partial charge < -0.3 is 102 Å². The molecule has 2 aliphatic heterocycles. The van der Waals surface area contributed by atoms with Crippen molar-refractivity contribution >= 4 is 89.6 Å². The van der Waals surface area contributed by atoms with Crippen molar-refractivity contribution in [2.75, 3.05) is 45.1 Å². The molecule has 2 aromatic rings. The molecule has 33 heteroatoms. The molecule has 91 heavy (non-hydrogen) atoms. The van der Waals surface area contributed by atoms with Gasteiger partial charge in [0.15, 0.2) is 17.9 Å². The average Bonchev–Trinajstić information content (AvgIpc) is 1.70. The van der Waals surface area contributed by atoms with Crippen LogP contribution in [0.25, 0.3) is 0 Å². The van der Waals surface area contributed by atoms with Crippen LogP contribution in [0.3, 0.4) is 0 Å². The Balaban J connectivity index is 1.52. The molecule has 0 spiro atoms. The summed E-state index contributed by atoms with van der Waals surface area (Å²) in [4.78, 5) is 154. The summed E-state index contributed by atoms with van der Waals surface area (Å²) in [7, 11) is 0. The highest BCUT2D eigenvalue weighted by Crippen LogP contribution is 2.27. The molecule has 0 radical (unpaired) electrons. The van der Waals surface area contributed by atoms with Crippen LogP contribution in [0, 0.1) is 5.92 Å². The quantitative estimate of drug-likeness (QED) is 0.0130. The number of aliphatic carboxylic acids is 1. The molecular formula is C58H91N19O13S. The van der Waals surface area contributed by atoms with Crippen LogP contribution >= 0.6 is 12.6 Å². The Morgan fingerprint density at radius 1 is 0.571 bits per heavy atom. The maximum atomic E-state index is 14.5. The summed E-state index contributed by atoms with van der Waals surface area (Å²) in [6.07, 6.45) is -0.219. The summed E-state index contributed by atoms with van der Waals surface area (Å²) in [6, 6.07) is 3.32. The van der Waals surface area contributed by atoms with Crippen LogP contribution in [0.4, 0.5) is 0 Å². The molecule has 0 saturated carbocycles. The minimum atomic E-state index is -1.75. The van der Waals surface area contributed by atoms with E-state index in [1.165, 1.54) is 4.90 Å². The Labute approximate surface area is 533 Å². The predicted molar refractivity (Wildman–Crippen MR) is 340 cm³/mol. The maximum Gasteiger partial charge on any atom is 0.326 e. The lowest BCUT2D eigenvalue weighted by atomic mass is 10.00. The van der Waals surface area contributed by atoms with Crippen molar-refractivity contribution in [1.82, 2.24) is 47.0 Å². The molecule has 4 rings (SSSR count). The molecule has 2 aromatic carbocycles. The third kappa shape index (κ3) is 25.2. The lowest BCUT2D eigenvalue weighted by molar-refractivity contribution is -0.148. The molecule has 502 valence electrons. The van der Waals surface area contributed by atoms with Crippen molar-refractivity contribution in [3.63, 3.8) is 0 Å². The molecule has 24 N–H and O–H groups in total. The van der Waals surface area contributed by atoms with E-state index >= 15 is 0 Å². The fourth-order valence-electron chi connectivity index (χ4n) is 10.3. The normalized spacial score (nSPS) is 17.9. The second-order valence-corrected chi connectivity index (χ2v) is 23.0. The van der Waals surface area contributed by atoms with Gasteiger partial charge in [-0.05, 0) is 74.8 Å². The van der Waals surface area contributed by atoms with E-state index in [1.54, 1.807) is 74.5 Å². The largest absolute Gasteiger partial charge is 0.480 e. The Morgan fingerprint density at radius 3 is 1.49 bits per heavy atom. The van der Waals surface area contributed by atoms with E-state index in [0.29, 0.717) is 24.0 Å². The fraction of sp³-hybridized carbons (Fsp3) is 0.569. The molecule has 2 heterocycles. The zero-order valence-corrected chi connectivity index (χ0v) is 52.2. The Bertz CT molecular complexity index is 2860. The summed E-state index contributed by atoms with van der Waals surface area (Å²) in [5, 5.41) is 49.5. The monoisotopic (exact) mass is 1290 g/mol. The number of nitrogens with zero attached hydrogens (tertiary/aromatic N) is 5. The fourth-order valence-corrected chi connectivity index (χ4v) is 10.5. The van der Waals surface area contributed by atoms with Gasteiger partial charge in [0.05, 0.1) is 18.8 Å². The van der Waals surface area contributed by atoms with Gasteiger partial charge in [-0.25, -0.2) is 4.79 Å². The zero-order valence-electron chi connectivity index (χ0n) is 51.3. The Hall–Kier alpha value is -8.82. The SMILES string of the molecule is CC(C)C[C@H](NC(=O)[C@@H](Cc1ccccc1)NC(=O)[C@H](CO)NC(=O)[C@H](Cc1ccccc1)NC(=O)[C@@H](CS)NC(=O)[C@@H]1C[C@@H](O)CN1C(=O)[C@@H]1CCCN1C(=O)[C@H](CCCN=C(N)N)NC(=O)[C@H](N)CCCN=C(N)N)C(=O)N[C@@H](CCCN=C(N)N)C(=O)O. The lowest BCUT2D eigenvalue weighted by Crippen LogP contribution is -2.61. The summed E-state index contributed by atoms with van der Waals surface area (Å²) >= 11 is 4.33. The molecule has 0 bridgehead atoms. The number of benzene rings is 2. The van der Waals surface area contributed by atoms with Crippen molar-refractivity contribution in [2.45, 2.75) is 157 Å². The average molecular weight is 1290 g/mol. The van der Waals surface area contributed by atoms with Crippen molar-refractivity contribution in [3.8, 4) is 0 Å². The van der Waals surface area contributed by atoms with Crippen LogP contribution in [-0.4, -0.2) is 214 Å². The Kier molecular flexibility index (Phi) is 31.2. The number of aliphatic hydroxyl groups is 2. The van der Waals surface area contributed by atoms with Gasteiger partial charge in [-0.2, -0.15) is 12.6 Å². The number of hydrogen-bond acceptors (Lipinski definition) is 17. The first-order chi connectivity index (χ1) is 43.2. The highest BCUT2D eigenvalue weighted by molar-refractivity contribution is 7.80. The highest BCUT2D eigenvalue weighted by Gasteiger charge is 2.46. The number of carboxylic acid groups (broad SMARTS) is 1. The molecule has 0 aromatic heterocycles. The number of β-amino-alcohol motifs (C(OH)–C–C–N with tert-alkyl or cyclic N) is 1. The van der Waals surface area contributed by atoms with E-state index < -0.39 is 132 Å². The number of carbonyl (C=O) groups excluding carboxylic acids is 9. The molecule has 11 atom stereocenters. The molecule has 9 amide bonds. The molecule has 0 aliphatic carbocycles. The predicted octanol–water partition coefficient (Wildman–Crippen LogP) is -5.64. The first-order valence-electron chi connectivity index (χ1n) is 30.1. The number of hydrogen-bond donors (Lipinski definition) is 18. The van der Waals surface area contributed by atoms with E-state index in [-0.39, 0.29) is 126 Å². The van der Waals surface area contributed by atoms with Gasteiger partial charge >= 0.3 is 5.97 Å². The summed E-state index contributed by atoms with van der Waals surface area (Å²) < 4.78 is 0. The number of rotatable bonds is 37. The molecule has 0 unspecified atom stereocenters. The van der Waals surface area contributed by atoms with Crippen LogP contribution in [0.2, 0.25) is 0 Å². The van der Waals surface area contributed by atoms with E-state index in [0.717, 1.165) is 4.90 Å². The third-order valence-electron chi connectivity index (χ3n) is 14.9. The molecule has 2 aliphatic rings. The number of carboxylic acids is 1. The van der Waals surface area contributed by atoms with Crippen LogP contribution in [-0.2, 0) is 60.8 Å². The summed E-state index contributed by atoms with van der Waals surface area (Å²) in [5.41, 5.74) is 39.8. The topological polar surface area (TPSA) is 541 Å². The van der Waals surface area contributed by atoms with Gasteiger partial charge in [0.1, 0.15) is 54.4 Å². The molecule has 2 fully saturated rings. The van der Waals surface area contributed by atoms with Crippen LogP contribution in [0.5, 0.6) is 0 Å². The van der Waals surface area contributed by atoms with Gasteiger partial charge in [-0.1, -0.05) is 74.5 Å². The number of guanidine groups is 3. The summed E-state index contributed by atoms with van der Waals surface area (Å²) in [6.45, 7) is 2.76. The van der Waals surface area contributed by atoms with E-state index in [4.69, 9.17) is 40.1 Å². The van der Waals surface area contributed by atoms with Gasteiger partial charge in [0.2, 0.25) is 53.2 Å². The first-order valence-corrected chi connectivity index (χ1v) is 30.7. The number of nitrogens with two attached hydrogens (primary N) is 7. The molecule has 32 nitrogen and oxygen atoms in total. The van der Waals surface area contributed by atoms with E-state index in [9.17, 15) is 63.3 Å². The standard InChI is InChI=1S/C58H91N19O13S/c1-32(2)25-39(47(81)70-38(55(89)90)19-11-23-68-58(64)65)71-48(82)40(26-33-13-5-3-6-14-33)72-50(84)42(30-78)74-49(83)41(27-34-15-7-4-8-16-34)73-51(85)43(31-91)75-52(86)45-28-35(79)29-77(45)54(88)44-20-12-24-76(44)53(87)37(18-10-22-67-57(62)63)69-46(80)36(59)17-9-21-66-56(60)61/h3-8,13-16,32,35-45,78-79,91H,9-12,17-31,59H2,1-2H3,(H,69,80)(H,70,81)(H,71,82)(H,72,84)(H,73,85)(H,74,83)(H,75,86)(H,89,90)(H4,60,61,66)(H4,62,63,67)(H4,64,65,68)/t35-,36-,37+,38+,39+,40-,41+,42+,43-,44+,45+/m1/s1. The number of aliphatic hydroxyl groups excluding tert-OH is 2. The van der Waals surface area contributed by atoms with Gasteiger partial charge in [0, 0.05) is 57.7 Å². The smallest absolute Gasteiger partial charge is 0.326 e. The van der Waals surface area contributed by atoms with Gasteiger partial charge in [-0.3, -0.25) is 58.1 Å². The second kappa shape index (κ2) is 38.0. The lowest BCUT2D eigenvalue weighted by Gasteiger charge is -2.33. The van der Waals surface area contributed by atoms with Crippen molar-refractivity contribution in [1.29, 1.82) is 0 Å². The number of thiol groups is 1. The molecular weight excluding hydrogens is 1200 g/mol. The van der Waals surface area contributed by atoms with Gasteiger partial charge in [-0.15, -0.1) is 0 Å². The van der Waals surface area contributed by atoms with Crippen LogP contribution < -0.4 is 77.4 Å². The zero-order chi connectivity index (χ0) is 67.3.